The molecule has 31 heavy (non-hydrogen) atoms. The van der Waals surface area contributed by atoms with Crippen molar-refractivity contribution in [2.75, 3.05) is 0 Å². The largest absolute Gasteiger partial charge is 0.336 e. The minimum atomic E-state index is -0.0386. The molecule has 0 fully saturated rings. The quantitative estimate of drug-likeness (QED) is 0.214. The first-order valence-electron chi connectivity index (χ1n) is 10.2. The average Bonchev–Trinajstić information content (AvgIpc) is 3.12. The number of carbonyl (C=O) groups excluding carboxylic acids is 1. The molecule has 0 aliphatic carbocycles. The average molecular weight is 422 g/mol. The van der Waals surface area contributed by atoms with Gasteiger partial charge in [-0.05, 0) is 59.7 Å². The van der Waals surface area contributed by atoms with Crippen LogP contribution in [0.15, 0.2) is 103 Å². The standard InChI is InChI=1S/C28H20ClNO/c29-23-14-12-22(13-15-23)28(31)17-11-20-10-16-27-25(18-20)24-8-4-5-9-26(24)30(27)19-21-6-2-1-3-7-21/h1-18H,19H2/b17-11+. The molecule has 0 bridgehead atoms. The first kappa shape index (κ1) is 19.3. The topological polar surface area (TPSA) is 22.0 Å². The number of aromatic nitrogens is 1. The van der Waals surface area contributed by atoms with E-state index >= 15 is 0 Å². The van der Waals surface area contributed by atoms with Crippen molar-refractivity contribution in [1.29, 1.82) is 0 Å². The number of halogens is 1. The number of para-hydroxylation sites is 1. The lowest BCUT2D eigenvalue weighted by molar-refractivity contribution is 0.104. The second-order valence-corrected chi connectivity index (χ2v) is 8.01. The summed E-state index contributed by atoms with van der Waals surface area (Å²) in [7, 11) is 0. The fraction of sp³-hybridized carbons (Fsp3) is 0.0357. The normalized spacial score (nSPS) is 11.5. The van der Waals surface area contributed by atoms with Crippen LogP contribution in [0, 0.1) is 0 Å². The molecule has 2 nitrogen and oxygen atoms in total. The molecular formula is C28H20ClNO. The summed E-state index contributed by atoms with van der Waals surface area (Å²) in [5.74, 6) is -0.0386. The zero-order valence-corrected chi connectivity index (χ0v) is 17.6. The van der Waals surface area contributed by atoms with E-state index in [0.29, 0.717) is 10.6 Å². The van der Waals surface area contributed by atoms with E-state index < -0.39 is 0 Å². The smallest absolute Gasteiger partial charge is 0.185 e. The Labute approximate surface area is 186 Å². The third kappa shape index (κ3) is 3.90. The highest BCUT2D eigenvalue weighted by Crippen LogP contribution is 2.31. The van der Waals surface area contributed by atoms with Gasteiger partial charge in [0, 0.05) is 38.9 Å². The lowest BCUT2D eigenvalue weighted by Crippen LogP contribution is -1.98. The molecule has 0 radical (unpaired) electrons. The minimum Gasteiger partial charge on any atom is -0.336 e. The fourth-order valence-corrected chi connectivity index (χ4v) is 4.12. The maximum absolute atomic E-state index is 12.5. The van der Waals surface area contributed by atoms with Gasteiger partial charge in [0.1, 0.15) is 0 Å². The minimum absolute atomic E-state index is 0.0386. The van der Waals surface area contributed by atoms with Gasteiger partial charge in [-0.2, -0.15) is 0 Å². The number of carbonyl (C=O) groups is 1. The van der Waals surface area contributed by atoms with E-state index in [9.17, 15) is 4.79 Å². The molecule has 5 aromatic rings. The van der Waals surface area contributed by atoms with Crippen LogP contribution in [0.25, 0.3) is 27.9 Å². The molecule has 0 aliphatic heterocycles. The van der Waals surface area contributed by atoms with E-state index in [-0.39, 0.29) is 5.78 Å². The van der Waals surface area contributed by atoms with E-state index in [4.69, 9.17) is 11.6 Å². The van der Waals surface area contributed by atoms with E-state index in [1.165, 1.54) is 27.4 Å². The van der Waals surface area contributed by atoms with Crippen LogP contribution in [0.4, 0.5) is 0 Å². The van der Waals surface area contributed by atoms with Gasteiger partial charge in [0.25, 0.3) is 0 Å². The highest BCUT2D eigenvalue weighted by molar-refractivity contribution is 6.30. The van der Waals surface area contributed by atoms with Crippen LogP contribution in [0.2, 0.25) is 5.02 Å². The molecule has 0 saturated carbocycles. The van der Waals surface area contributed by atoms with Gasteiger partial charge >= 0.3 is 0 Å². The number of fused-ring (bicyclic) bond motifs is 3. The molecule has 0 aliphatic rings. The van der Waals surface area contributed by atoms with Gasteiger partial charge in [-0.3, -0.25) is 4.79 Å². The molecule has 0 saturated heterocycles. The van der Waals surface area contributed by atoms with E-state index in [2.05, 4.69) is 71.3 Å². The van der Waals surface area contributed by atoms with Crippen LogP contribution in [-0.4, -0.2) is 10.4 Å². The van der Waals surface area contributed by atoms with Crippen molar-refractivity contribution in [3.63, 3.8) is 0 Å². The summed E-state index contributed by atoms with van der Waals surface area (Å²) in [5, 5.41) is 3.03. The molecule has 5 rings (SSSR count). The summed E-state index contributed by atoms with van der Waals surface area (Å²) in [6, 6.07) is 32.3. The Morgan fingerprint density at radius 2 is 1.48 bits per heavy atom. The molecule has 0 N–H and O–H groups in total. The molecule has 150 valence electrons. The van der Waals surface area contributed by atoms with Crippen molar-refractivity contribution in [2.45, 2.75) is 6.54 Å². The number of ketones is 1. The third-order valence-corrected chi connectivity index (χ3v) is 5.79. The first-order valence-corrected chi connectivity index (χ1v) is 10.6. The van der Waals surface area contributed by atoms with E-state index in [1.54, 1.807) is 30.3 Å². The Morgan fingerprint density at radius 3 is 2.29 bits per heavy atom. The maximum Gasteiger partial charge on any atom is 0.185 e. The number of nitrogens with zero attached hydrogens (tertiary/aromatic N) is 1. The monoisotopic (exact) mass is 421 g/mol. The summed E-state index contributed by atoms with van der Waals surface area (Å²) in [6.07, 6.45) is 3.49. The summed E-state index contributed by atoms with van der Waals surface area (Å²) in [4.78, 5) is 12.5. The third-order valence-electron chi connectivity index (χ3n) is 5.54. The summed E-state index contributed by atoms with van der Waals surface area (Å²) in [6.45, 7) is 0.815. The lowest BCUT2D eigenvalue weighted by atomic mass is 10.1. The molecule has 1 aromatic heterocycles. The van der Waals surface area contributed by atoms with Crippen LogP contribution in [-0.2, 0) is 6.54 Å². The highest BCUT2D eigenvalue weighted by atomic mass is 35.5. The van der Waals surface area contributed by atoms with Crippen molar-refractivity contribution >= 4 is 45.3 Å². The number of allylic oxidation sites excluding steroid dienone is 1. The summed E-state index contributed by atoms with van der Waals surface area (Å²) in [5.41, 5.74) is 5.28. The van der Waals surface area contributed by atoms with Crippen LogP contribution < -0.4 is 0 Å². The second-order valence-electron chi connectivity index (χ2n) is 7.57. The Morgan fingerprint density at radius 1 is 0.774 bits per heavy atom. The zero-order valence-electron chi connectivity index (χ0n) is 16.8. The molecular weight excluding hydrogens is 402 g/mol. The molecule has 1 heterocycles. The Balaban J connectivity index is 1.53. The van der Waals surface area contributed by atoms with Crippen molar-refractivity contribution in [3.8, 4) is 0 Å². The predicted molar refractivity (Wildman–Crippen MR) is 130 cm³/mol. The van der Waals surface area contributed by atoms with Crippen molar-refractivity contribution in [2.24, 2.45) is 0 Å². The Bertz CT molecular complexity index is 1410. The van der Waals surface area contributed by atoms with Crippen molar-refractivity contribution in [1.82, 2.24) is 4.57 Å². The van der Waals surface area contributed by atoms with Gasteiger partial charge in [0.05, 0.1) is 0 Å². The molecule has 0 unspecified atom stereocenters. The highest BCUT2D eigenvalue weighted by Gasteiger charge is 2.11. The first-order chi connectivity index (χ1) is 15.2. The van der Waals surface area contributed by atoms with Gasteiger partial charge in [-0.15, -0.1) is 0 Å². The maximum atomic E-state index is 12.5. The van der Waals surface area contributed by atoms with E-state index in [0.717, 1.165) is 12.1 Å². The van der Waals surface area contributed by atoms with Crippen LogP contribution in [0.1, 0.15) is 21.5 Å². The predicted octanol–water partition coefficient (Wildman–Crippen LogP) is 7.39. The molecule has 0 spiro atoms. The summed E-state index contributed by atoms with van der Waals surface area (Å²) >= 11 is 5.91. The van der Waals surface area contributed by atoms with Gasteiger partial charge in [0.2, 0.25) is 0 Å². The Hall–Kier alpha value is -3.62. The van der Waals surface area contributed by atoms with Crippen LogP contribution >= 0.6 is 11.6 Å². The van der Waals surface area contributed by atoms with Crippen LogP contribution in [0.5, 0.6) is 0 Å². The van der Waals surface area contributed by atoms with Crippen molar-refractivity contribution in [3.05, 3.63) is 125 Å². The number of rotatable bonds is 5. The molecule has 0 atom stereocenters. The fourth-order valence-electron chi connectivity index (χ4n) is 3.99. The molecule has 4 aromatic carbocycles. The van der Waals surface area contributed by atoms with E-state index in [1.807, 2.05) is 12.1 Å². The zero-order chi connectivity index (χ0) is 21.2. The van der Waals surface area contributed by atoms with Gasteiger partial charge < -0.3 is 4.57 Å². The Kier molecular flexibility index (Phi) is 5.15. The summed E-state index contributed by atoms with van der Waals surface area (Å²) < 4.78 is 2.35. The van der Waals surface area contributed by atoms with Gasteiger partial charge in [-0.1, -0.05) is 72.3 Å². The second kappa shape index (κ2) is 8.25. The van der Waals surface area contributed by atoms with Crippen LogP contribution in [0.3, 0.4) is 0 Å². The number of hydrogen-bond donors (Lipinski definition) is 0. The number of hydrogen-bond acceptors (Lipinski definition) is 1. The van der Waals surface area contributed by atoms with Crippen molar-refractivity contribution < 1.29 is 4.79 Å². The van der Waals surface area contributed by atoms with Gasteiger partial charge in [-0.25, -0.2) is 0 Å². The van der Waals surface area contributed by atoms with Gasteiger partial charge in [0.15, 0.2) is 5.78 Å². The molecule has 3 heteroatoms. The number of benzene rings is 4. The molecule has 0 amide bonds. The SMILES string of the molecule is O=C(/C=C/c1ccc2c(c1)c1ccccc1n2Cc1ccccc1)c1ccc(Cl)cc1. The lowest BCUT2D eigenvalue weighted by Gasteiger charge is -2.08.